The van der Waals surface area contributed by atoms with Crippen LogP contribution in [0.5, 0.6) is 0 Å². The average Bonchev–Trinajstić information content (AvgIpc) is 2.00. The summed E-state index contributed by atoms with van der Waals surface area (Å²) in [5.74, 6) is 0. The SMILES string of the molecule is C=CC[N+]12CN3CN(CP(C3)C1)C2. The van der Waals surface area contributed by atoms with Crippen molar-refractivity contribution in [2.45, 2.75) is 0 Å². The summed E-state index contributed by atoms with van der Waals surface area (Å²) in [7, 11) is 0.305. The summed E-state index contributed by atoms with van der Waals surface area (Å²) < 4.78 is 1.29. The molecule has 0 saturated carbocycles. The number of hydrogen-bond donors (Lipinski definition) is 0. The maximum atomic E-state index is 3.89. The van der Waals surface area contributed by atoms with Crippen LogP contribution in [-0.4, -0.2) is 59.7 Å². The molecule has 0 aliphatic carbocycles. The minimum Gasteiger partial charge on any atom is -0.292 e. The molecular formula is C9H17N3P+. The van der Waals surface area contributed by atoms with Gasteiger partial charge in [0.1, 0.15) is 19.6 Å². The fourth-order valence-corrected chi connectivity index (χ4v) is 6.01. The number of nitrogens with zero attached hydrogens (tertiary/aromatic N) is 3. The van der Waals surface area contributed by atoms with Crippen LogP contribution in [0.4, 0.5) is 0 Å². The summed E-state index contributed by atoms with van der Waals surface area (Å²) in [4.78, 5) is 5.26. The van der Waals surface area contributed by atoms with Gasteiger partial charge in [-0.1, -0.05) is 6.58 Å². The third-order valence-electron chi connectivity index (χ3n) is 3.22. The standard InChI is InChI=1S/C9H17N3P/c1-2-3-12-5-10-4-11(6-12)8-13(7-10)9-12/h2H,1,3-9H2/q+1. The quantitative estimate of drug-likeness (QED) is 0.369. The second-order valence-corrected chi connectivity index (χ2v) is 6.86. The van der Waals surface area contributed by atoms with Crippen molar-refractivity contribution in [2.24, 2.45) is 0 Å². The van der Waals surface area contributed by atoms with E-state index in [4.69, 9.17) is 0 Å². The highest BCUT2D eigenvalue weighted by Crippen LogP contribution is 2.50. The zero-order valence-electron chi connectivity index (χ0n) is 8.02. The summed E-state index contributed by atoms with van der Waals surface area (Å²) in [5, 5.41) is 0. The first-order valence-corrected chi connectivity index (χ1v) is 6.82. The van der Waals surface area contributed by atoms with Gasteiger partial charge in [0.05, 0.1) is 13.2 Å². The van der Waals surface area contributed by atoms with Gasteiger partial charge in [0.15, 0.2) is 0 Å². The van der Waals surface area contributed by atoms with E-state index in [2.05, 4.69) is 22.5 Å². The monoisotopic (exact) mass is 198 g/mol. The van der Waals surface area contributed by atoms with Crippen LogP contribution in [0.1, 0.15) is 0 Å². The van der Waals surface area contributed by atoms with Crippen molar-refractivity contribution in [2.75, 3.05) is 45.4 Å². The summed E-state index contributed by atoms with van der Waals surface area (Å²) in [6, 6.07) is 0. The van der Waals surface area contributed by atoms with Gasteiger partial charge in [0.25, 0.3) is 0 Å². The first kappa shape index (κ1) is 8.37. The Hall–Kier alpha value is 0.0500. The fraction of sp³-hybridized carbons (Fsp3) is 0.778. The Balaban J connectivity index is 1.87. The summed E-state index contributed by atoms with van der Waals surface area (Å²) in [6.45, 7) is 8.85. The van der Waals surface area contributed by atoms with Gasteiger partial charge in [0.2, 0.25) is 0 Å². The van der Waals surface area contributed by atoms with Crippen LogP contribution >= 0.6 is 7.92 Å². The zero-order chi connectivity index (χ0) is 8.89. The molecule has 0 spiro atoms. The lowest BCUT2D eigenvalue weighted by atomic mass is 10.4. The van der Waals surface area contributed by atoms with Crippen LogP contribution in [0.25, 0.3) is 0 Å². The minimum atomic E-state index is 0.305. The van der Waals surface area contributed by atoms with Crippen LogP contribution in [0.15, 0.2) is 12.7 Å². The predicted octanol–water partition coefficient (Wildman–Crippen LogP) is 0.861. The van der Waals surface area contributed by atoms with Crippen molar-refractivity contribution < 1.29 is 4.48 Å². The lowest BCUT2D eigenvalue weighted by Gasteiger charge is -2.59. The third kappa shape index (κ3) is 1.26. The zero-order valence-corrected chi connectivity index (χ0v) is 8.92. The number of quaternary nitrogens is 1. The van der Waals surface area contributed by atoms with Gasteiger partial charge in [-0.25, -0.2) is 9.80 Å². The fourth-order valence-electron chi connectivity index (χ4n) is 3.11. The molecular weight excluding hydrogens is 181 g/mol. The molecule has 4 aliphatic heterocycles. The highest BCUT2D eigenvalue weighted by molar-refractivity contribution is 7.57. The molecule has 4 heteroatoms. The molecule has 0 radical (unpaired) electrons. The second-order valence-electron chi connectivity index (χ2n) is 4.67. The van der Waals surface area contributed by atoms with Crippen LogP contribution < -0.4 is 0 Å². The second kappa shape index (κ2) is 2.77. The van der Waals surface area contributed by atoms with E-state index in [-0.39, 0.29) is 0 Å². The van der Waals surface area contributed by atoms with Crippen LogP contribution in [-0.2, 0) is 0 Å². The highest BCUT2D eigenvalue weighted by Gasteiger charge is 2.48. The van der Waals surface area contributed by atoms with Gasteiger partial charge in [-0.3, -0.25) is 4.48 Å². The summed E-state index contributed by atoms with van der Waals surface area (Å²) >= 11 is 0. The Bertz CT molecular complexity index is 206. The normalized spacial score (nSPS) is 52.5. The average molecular weight is 198 g/mol. The van der Waals surface area contributed by atoms with Crippen molar-refractivity contribution in [1.29, 1.82) is 0 Å². The molecule has 3 nitrogen and oxygen atoms in total. The molecule has 4 bridgehead atoms. The first-order valence-electron chi connectivity index (χ1n) is 4.93. The predicted molar refractivity (Wildman–Crippen MR) is 55.1 cm³/mol. The first-order chi connectivity index (χ1) is 6.30. The van der Waals surface area contributed by atoms with E-state index < -0.39 is 0 Å². The Morgan fingerprint density at radius 2 is 2.00 bits per heavy atom. The Labute approximate surface area is 80.9 Å². The van der Waals surface area contributed by atoms with Crippen molar-refractivity contribution >= 4 is 7.92 Å². The topological polar surface area (TPSA) is 6.48 Å². The molecule has 0 aromatic carbocycles. The third-order valence-corrected chi connectivity index (χ3v) is 5.82. The lowest BCUT2D eigenvalue weighted by Crippen LogP contribution is -2.71. The summed E-state index contributed by atoms with van der Waals surface area (Å²) in [5.41, 5.74) is 0. The molecule has 13 heavy (non-hydrogen) atoms. The molecule has 4 heterocycles. The van der Waals surface area contributed by atoms with Gasteiger partial charge in [-0.15, -0.1) is 0 Å². The highest BCUT2D eigenvalue weighted by atomic mass is 31.1. The molecule has 0 aromatic rings. The molecule has 72 valence electrons. The molecule has 4 aliphatic rings. The van der Waals surface area contributed by atoms with Crippen LogP contribution in [0, 0.1) is 0 Å². The molecule has 4 saturated heterocycles. The van der Waals surface area contributed by atoms with E-state index >= 15 is 0 Å². The number of rotatable bonds is 2. The van der Waals surface area contributed by atoms with E-state index in [1.54, 1.807) is 0 Å². The van der Waals surface area contributed by atoms with Gasteiger partial charge in [-0.05, 0) is 14.0 Å². The molecule has 0 aromatic heterocycles. The molecule has 2 atom stereocenters. The molecule has 4 fully saturated rings. The van der Waals surface area contributed by atoms with Gasteiger partial charge in [0, 0.05) is 12.6 Å². The molecule has 0 amide bonds. The lowest BCUT2D eigenvalue weighted by molar-refractivity contribution is -0.943. The largest absolute Gasteiger partial charge is 0.292 e. The smallest absolute Gasteiger partial charge is 0.137 e. The minimum absolute atomic E-state index is 0.305. The van der Waals surface area contributed by atoms with Crippen molar-refractivity contribution in [3.05, 3.63) is 12.7 Å². The Morgan fingerprint density at radius 1 is 1.31 bits per heavy atom. The Kier molecular flexibility index (Phi) is 1.78. The maximum Gasteiger partial charge on any atom is 0.137 e. The summed E-state index contributed by atoms with van der Waals surface area (Å²) in [6.07, 6.45) is 6.37. The molecule has 2 unspecified atom stereocenters. The Morgan fingerprint density at radius 3 is 2.54 bits per heavy atom. The van der Waals surface area contributed by atoms with E-state index in [9.17, 15) is 0 Å². The van der Waals surface area contributed by atoms with Gasteiger partial charge >= 0.3 is 0 Å². The van der Waals surface area contributed by atoms with Crippen molar-refractivity contribution in [1.82, 2.24) is 9.80 Å². The molecule has 4 rings (SSSR count). The van der Waals surface area contributed by atoms with E-state index in [1.165, 1.54) is 49.9 Å². The van der Waals surface area contributed by atoms with E-state index in [0.717, 1.165) is 0 Å². The van der Waals surface area contributed by atoms with E-state index in [1.807, 2.05) is 0 Å². The number of hydrogen-bond acceptors (Lipinski definition) is 2. The van der Waals surface area contributed by atoms with Crippen molar-refractivity contribution in [3.8, 4) is 0 Å². The van der Waals surface area contributed by atoms with E-state index in [0.29, 0.717) is 7.92 Å². The van der Waals surface area contributed by atoms with Crippen LogP contribution in [0.3, 0.4) is 0 Å². The maximum absolute atomic E-state index is 3.89. The van der Waals surface area contributed by atoms with Gasteiger partial charge in [-0.2, -0.15) is 0 Å². The van der Waals surface area contributed by atoms with Crippen LogP contribution in [0.2, 0.25) is 0 Å². The molecule has 0 N–H and O–H groups in total. The van der Waals surface area contributed by atoms with Crippen molar-refractivity contribution in [3.63, 3.8) is 0 Å². The van der Waals surface area contributed by atoms with Gasteiger partial charge < -0.3 is 0 Å².